The van der Waals surface area contributed by atoms with Crippen LogP contribution in [0.25, 0.3) is 0 Å². The van der Waals surface area contributed by atoms with Gasteiger partial charge in [-0.25, -0.2) is 4.39 Å². The molecule has 0 amide bonds. The zero-order chi connectivity index (χ0) is 14.7. The van der Waals surface area contributed by atoms with Gasteiger partial charge in [0.2, 0.25) is 0 Å². The number of hydrogen-bond acceptors (Lipinski definition) is 2. The Morgan fingerprint density at radius 3 is 2.70 bits per heavy atom. The standard InChI is InChI=1S/C15H19BrFN3/c1-4-13-15(16)14(20(5-2)19-13)9-18-11-7-6-10(3)12(17)8-11/h6-8,18H,4-5,9H2,1-3H3. The number of anilines is 1. The van der Waals surface area contributed by atoms with Gasteiger partial charge < -0.3 is 5.32 Å². The molecule has 1 aromatic heterocycles. The molecule has 1 heterocycles. The third-order valence-corrected chi connectivity index (χ3v) is 4.24. The number of benzene rings is 1. The van der Waals surface area contributed by atoms with Crippen molar-refractivity contribution in [3.63, 3.8) is 0 Å². The Hall–Kier alpha value is -1.36. The van der Waals surface area contributed by atoms with E-state index in [1.165, 1.54) is 6.07 Å². The Labute approximate surface area is 127 Å². The van der Waals surface area contributed by atoms with E-state index >= 15 is 0 Å². The number of halogens is 2. The summed E-state index contributed by atoms with van der Waals surface area (Å²) < 4.78 is 16.5. The zero-order valence-electron chi connectivity index (χ0n) is 12.0. The van der Waals surface area contributed by atoms with Crippen molar-refractivity contribution >= 4 is 21.6 Å². The summed E-state index contributed by atoms with van der Waals surface area (Å²) in [4.78, 5) is 0. The lowest BCUT2D eigenvalue weighted by molar-refractivity contribution is 0.615. The van der Waals surface area contributed by atoms with E-state index in [1.807, 2.05) is 10.7 Å². The normalized spacial score (nSPS) is 10.8. The topological polar surface area (TPSA) is 29.9 Å². The number of aromatic nitrogens is 2. The van der Waals surface area contributed by atoms with Gasteiger partial charge in [0.15, 0.2) is 0 Å². The summed E-state index contributed by atoms with van der Waals surface area (Å²) >= 11 is 3.61. The van der Waals surface area contributed by atoms with Crippen molar-refractivity contribution in [1.29, 1.82) is 0 Å². The van der Waals surface area contributed by atoms with Gasteiger partial charge in [-0.05, 0) is 53.9 Å². The fourth-order valence-corrected chi connectivity index (χ4v) is 2.78. The summed E-state index contributed by atoms with van der Waals surface area (Å²) in [5.41, 5.74) is 3.58. The molecule has 0 bridgehead atoms. The maximum atomic E-state index is 13.5. The molecule has 1 aromatic carbocycles. The molecule has 5 heteroatoms. The average molecular weight is 340 g/mol. The van der Waals surface area contributed by atoms with Gasteiger partial charge in [-0.2, -0.15) is 5.10 Å². The molecule has 0 aliphatic rings. The van der Waals surface area contributed by atoms with Gasteiger partial charge in [0.05, 0.1) is 22.4 Å². The highest BCUT2D eigenvalue weighted by molar-refractivity contribution is 9.10. The number of hydrogen-bond donors (Lipinski definition) is 1. The number of aryl methyl sites for hydroxylation is 3. The van der Waals surface area contributed by atoms with Crippen molar-refractivity contribution in [2.24, 2.45) is 0 Å². The van der Waals surface area contributed by atoms with Crippen molar-refractivity contribution < 1.29 is 4.39 Å². The predicted molar refractivity (Wildman–Crippen MR) is 83.4 cm³/mol. The largest absolute Gasteiger partial charge is 0.379 e. The average Bonchev–Trinajstić information content (AvgIpc) is 2.76. The molecule has 3 nitrogen and oxygen atoms in total. The summed E-state index contributed by atoms with van der Waals surface area (Å²) in [6.45, 7) is 7.34. The molecular formula is C15H19BrFN3. The first-order valence-corrected chi connectivity index (χ1v) is 7.60. The monoisotopic (exact) mass is 339 g/mol. The molecule has 1 N–H and O–H groups in total. The quantitative estimate of drug-likeness (QED) is 0.880. The summed E-state index contributed by atoms with van der Waals surface area (Å²) in [7, 11) is 0. The van der Waals surface area contributed by atoms with Gasteiger partial charge in [-0.3, -0.25) is 4.68 Å². The third kappa shape index (κ3) is 3.03. The van der Waals surface area contributed by atoms with Crippen LogP contribution >= 0.6 is 15.9 Å². The molecule has 0 spiro atoms. The molecule has 0 atom stereocenters. The molecule has 0 aliphatic carbocycles. The highest BCUT2D eigenvalue weighted by Gasteiger charge is 2.13. The van der Waals surface area contributed by atoms with Gasteiger partial charge in [0, 0.05) is 12.2 Å². The minimum absolute atomic E-state index is 0.188. The Morgan fingerprint density at radius 1 is 1.35 bits per heavy atom. The molecule has 0 radical (unpaired) electrons. The van der Waals surface area contributed by atoms with E-state index in [2.05, 4.69) is 40.2 Å². The summed E-state index contributed by atoms with van der Waals surface area (Å²) in [6, 6.07) is 5.19. The maximum absolute atomic E-state index is 13.5. The van der Waals surface area contributed by atoms with Crippen LogP contribution in [0.3, 0.4) is 0 Å². The summed E-state index contributed by atoms with van der Waals surface area (Å²) in [6.07, 6.45) is 0.889. The second-order valence-corrected chi connectivity index (χ2v) is 5.49. The molecular weight excluding hydrogens is 321 g/mol. The van der Waals surface area contributed by atoms with Gasteiger partial charge in [-0.1, -0.05) is 13.0 Å². The van der Waals surface area contributed by atoms with Crippen molar-refractivity contribution in [2.75, 3.05) is 5.32 Å². The number of nitrogens with one attached hydrogen (secondary N) is 1. The van der Waals surface area contributed by atoms with Crippen LogP contribution in [-0.2, 0) is 19.5 Å². The lowest BCUT2D eigenvalue weighted by Crippen LogP contribution is -2.08. The highest BCUT2D eigenvalue weighted by atomic mass is 79.9. The minimum atomic E-state index is -0.188. The third-order valence-electron chi connectivity index (χ3n) is 3.33. The molecule has 2 aromatic rings. The van der Waals surface area contributed by atoms with Crippen LogP contribution in [0.1, 0.15) is 30.8 Å². The van der Waals surface area contributed by atoms with Crippen LogP contribution in [0.15, 0.2) is 22.7 Å². The number of rotatable bonds is 5. The lowest BCUT2D eigenvalue weighted by Gasteiger charge is -2.09. The van der Waals surface area contributed by atoms with Crippen molar-refractivity contribution in [3.05, 3.63) is 45.4 Å². The lowest BCUT2D eigenvalue weighted by atomic mass is 10.2. The van der Waals surface area contributed by atoms with Crippen LogP contribution in [0.4, 0.5) is 10.1 Å². The molecule has 2 rings (SSSR count). The number of nitrogens with zero attached hydrogens (tertiary/aromatic N) is 2. The zero-order valence-corrected chi connectivity index (χ0v) is 13.6. The molecule has 0 unspecified atom stereocenters. The molecule has 0 fully saturated rings. The Balaban J connectivity index is 2.17. The van der Waals surface area contributed by atoms with Crippen LogP contribution in [0.2, 0.25) is 0 Å². The molecule has 108 valence electrons. The summed E-state index contributed by atoms with van der Waals surface area (Å²) in [5, 5.41) is 7.80. The fourth-order valence-electron chi connectivity index (χ4n) is 2.07. The van der Waals surface area contributed by atoms with Crippen LogP contribution < -0.4 is 5.32 Å². The predicted octanol–water partition coefficient (Wildman–Crippen LogP) is 4.29. The fraction of sp³-hybridized carbons (Fsp3) is 0.400. The molecule has 0 saturated carbocycles. The Kier molecular flexibility index (Phi) is 4.81. The van der Waals surface area contributed by atoms with Gasteiger partial charge in [0.1, 0.15) is 5.82 Å². The van der Waals surface area contributed by atoms with E-state index in [-0.39, 0.29) is 5.82 Å². The van der Waals surface area contributed by atoms with Crippen molar-refractivity contribution in [1.82, 2.24) is 9.78 Å². The van der Waals surface area contributed by atoms with E-state index in [9.17, 15) is 4.39 Å². The molecule has 0 saturated heterocycles. The van der Waals surface area contributed by atoms with Crippen LogP contribution in [0, 0.1) is 12.7 Å². The van der Waals surface area contributed by atoms with Crippen LogP contribution in [-0.4, -0.2) is 9.78 Å². The first-order valence-electron chi connectivity index (χ1n) is 6.80. The van der Waals surface area contributed by atoms with E-state index < -0.39 is 0 Å². The van der Waals surface area contributed by atoms with Gasteiger partial charge in [0.25, 0.3) is 0 Å². The first kappa shape index (κ1) is 15.0. The first-order chi connectivity index (χ1) is 9.56. The SMILES string of the molecule is CCc1nn(CC)c(CNc2ccc(C)c(F)c2)c1Br. The van der Waals surface area contributed by atoms with E-state index in [1.54, 1.807) is 13.0 Å². The minimum Gasteiger partial charge on any atom is -0.379 e. The van der Waals surface area contributed by atoms with Gasteiger partial charge >= 0.3 is 0 Å². The highest BCUT2D eigenvalue weighted by Crippen LogP contribution is 2.23. The smallest absolute Gasteiger partial charge is 0.128 e. The van der Waals surface area contributed by atoms with Crippen molar-refractivity contribution in [2.45, 2.75) is 40.3 Å². The van der Waals surface area contributed by atoms with E-state index in [0.29, 0.717) is 12.1 Å². The van der Waals surface area contributed by atoms with E-state index in [4.69, 9.17) is 0 Å². The van der Waals surface area contributed by atoms with Gasteiger partial charge in [-0.15, -0.1) is 0 Å². The maximum Gasteiger partial charge on any atom is 0.128 e. The summed E-state index contributed by atoms with van der Waals surface area (Å²) in [5.74, 6) is -0.188. The second kappa shape index (κ2) is 6.39. The van der Waals surface area contributed by atoms with Crippen LogP contribution in [0.5, 0.6) is 0 Å². The second-order valence-electron chi connectivity index (χ2n) is 4.69. The Bertz CT molecular complexity index is 607. The Morgan fingerprint density at radius 2 is 2.10 bits per heavy atom. The van der Waals surface area contributed by atoms with E-state index in [0.717, 1.165) is 34.5 Å². The van der Waals surface area contributed by atoms with Crippen molar-refractivity contribution in [3.8, 4) is 0 Å². The molecule has 0 aliphatic heterocycles. The molecule has 20 heavy (non-hydrogen) atoms.